The highest BCUT2D eigenvalue weighted by molar-refractivity contribution is 7.99. The minimum absolute atomic E-state index is 0.314. The van der Waals surface area contributed by atoms with Gasteiger partial charge >= 0.3 is 12.2 Å². The number of nitrogens with one attached hydrogen (secondary N) is 1. The van der Waals surface area contributed by atoms with Crippen molar-refractivity contribution in [2.24, 2.45) is 0 Å². The number of benzene rings is 2. The third kappa shape index (κ3) is 5.72. The van der Waals surface area contributed by atoms with Crippen LogP contribution in [0.1, 0.15) is 0 Å². The number of rotatable bonds is 4. The molecule has 0 atom stereocenters. The van der Waals surface area contributed by atoms with E-state index in [0.29, 0.717) is 53.5 Å². The van der Waals surface area contributed by atoms with Crippen molar-refractivity contribution in [2.75, 3.05) is 42.1 Å². The highest BCUT2D eigenvalue weighted by Gasteiger charge is 2.28. The average Bonchev–Trinajstić information content (AvgIpc) is 2.67. The van der Waals surface area contributed by atoms with E-state index < -0.39 is 11.9 Å². The van der Waals surface area contributed by atoms with Crippen molar-refractivity contribution in [3.8, 4) is 0 Å². The van der Waals surface area contributed by atoms with Crippen molar-refractivity contribution in [3.05, 3.63) is 53.6 Å². The first-order valence-corrected chi connectivity index (χ1v) is 10.0. The van der Waals surface area contributed by atoms with Crippen LogP contribution in [0.2, 0.25) is 5.02 Å². The molecular formula is C19H19ClF3N3OS. The predicted octanol–water partition coefficient (Wildman–Crippen LogP) is 5.35. The number of hydrogen-bond acceptors (Lipinski definition) is 3. The SMILES string of the molecule is O=C(Nc1ccccc1SCC(F)(F)F)N1CCN(c2cccc(Cl)c2)CC1. The van der Waals surface area contributed by atoms with E-state index in [-0.39, 0.29) is 6.03 Å². The number of alkyl halides is 3. The number of hydrogen-bond donors (Lipinski definition) is 1. The molecule has 0 saturated carbocycles. The standard InChI is InChI=1S/C19H19ClF3N3OS/c20-14-4-3-5-15(12-14)25-8-10-26(11-9-25)18(27)24-16-6-1-2-7-17(16)28-13-19(21,22)23/h1-7,12H,8-11,13H2,(H,24,27). The molecule has 0 bridgehead atoms. The third-order valence-corrected chi connectivity index (χ3v) is 5.63. The molecule has 2 aromatic carbocycles. The third-order valence-electron chi connectivity index (χ3n) is 4.26. The van der Waals surface area contributed by atoms with Crippen LogP contribution in [0, 0.1) is 0 Å². The number of amides is 2. The molecular weight excluding hydrogens is 411 g/mol. The van der Waals surface area contributed by atoms with Crippen molar-refractivity contribution in [1.82, 2.24) is 4.90 Å². The zero-order chi connectivity index (χ0) is 20.1. The van der Waals surface area contributed by atoms with Crippen LogP contribution < -0.4 is 10.2 Å². The van der Waals surface area contributed by atoms with Crippen LogP contribution in [0.4, 0.5) is 29.3 Å². The molecule has 0 unspecified atom stereocenters. The molecule has 28 heavy (non-hydrogen) atoms. The number of urea groups is 1. The second kappa shape index (κ2) is 8.96. The van der Waals surface area contributed by atoms with E-state index in [1.807, 2.05) is 24.3 Å². The summed E-state index contributed by atoms with van der Waals surface area (Å²) in [5.41, 5.74) is 1.39. The van der Waals surface area contributed by atoms with E-state index in [1.54, 1.807) is 29.2 Å². The van der Waals surface area contributed by atoms with E-state index >= 15 is 0 Å². The second-order valence-electron chi connectivity index (χ2n) is 6.28. The smallest absolute Gasteiger partial charge is 0.368 e. The van der Waals surface area contributed by atoms with Gasteiger partial charge in [-0.15, -0.1) is 11.8 Å². The topological polar surface area (TPSA) is 35.6 Å². The Kier molecular flexibility index (Phi) is 6.61. The lowest BCUT2D eigenvalue weighted by atomic mass is 10.2. The van der Waals surface area contributed by atoms with E-state index in [1.165, 1.54) is 0 Å². The van der Waals surface area contributed by atoms with Crippen LogP contribution in [0.3, 0.4) is 0 Å². The molecule has 0 aromatic heterocycles. The second-order valence-corrected chi connectivity index (χ2v) is 7.74. The molecule has 2 amide bonds. The zero-order valence-electron chi connectivity index (χ0n) is 14.9. The largest absolute Gasteiger partial charge is 0.398 e. The monoisotopic (exact) mass is 429 g/mol. The summed E-state index contributed by atoms with van der Waals surface area (Å²) in [6, 6.07) is 13.7. The number of thioether (sulfide) groups is 1. The van der Waals surface area contributed by atoms with Gasteiger partial charge in [-0.25, -0.2) is 4.79 Å². The van der Waals surface area contributed by atoms with Gasteiger partial charge in [0.1, 0.15) is 0 Å². The van der Waals surface area contributed by atoms with Gasteiger partial charge in [-0.3, -0.25) is 0 Å². The Labute approximate surface area is 170 Å². The average molecular weight is 430 g/mol. The van der Waals surface area contributed by atoms with Gasteiger partial charge in [-0.05, 0) is 30.3 Å². The molecule has 4 nitrogen and oxygen atoms in total. The Bertz CT molecular complexity index is 826. The van der Waals surface area contributed by atoms with Crippen LogP contribution in [-0.2, 0) is 0 Å². The molecule has 3 rings (SSSR count). The summed E-state index contributed by atoms with van der Waals surface area (Å²) in [4.78, 5) is 16.8. The van der Waals surface area contributed by atoms with Crippen molar-refractivity contribution in [1.29, 1.82) is 0 Å². The number of carbonyl (C=O) groups is 1. The number of halogens is 4. The van der Waals surface area contributed by atoms with Crippen LogP contribution in [0.5, 0.6) is 0 Å². The lowest BCUT2D eigenvalue weighted by Gasteiger charge is -2.36. The molecule has 1 heterocycles. The Balaban J connectivity index is 1.58. The summed E-state index contributed by atoms with van der Waals surface area (Å²) < 4.78 is 37.5. The summed E-state index contributed by atoms with van der Waals surface area (Å²) in [5, 5.41) is 3.40. The van der Waals surface area contributed by atoms with Gasteiger partial charge in [0.05, 0.1) is 11.4 Å². The molecule has 1 aliphatic heterocycles. The summed E-state index contributed by atoms with van der Waals surface area (Å²) in [7, 11) is 0. The summed E-state index contributed by atoms with van der Waals surface area (Å²) in [6.45, 7) is 2.32. The Hall–Kier alpha value is -2.06. The Morgan fingerprint density at radius 1 is 1.07 bits per heavy atom. The molecule has 9 heteroatoms. The Morgan fingerprint density at radius 2 is 1.79 bits per heavy atom. The number of piperazine rings is 1. The van der Waals surface area contributed by atoms with Crippen molar-refractivity contribution in [2.45, 2.75) is 11.1 Å². The van der Waals surface area contributed by atoms with Crippen LogP contribution in [0.15, 0.2) is 53.4 Å². The van der Waals surface area contributed by atoms with Crippen molar-refractivity contribution >= 4 is 40.8 Å². The first kappa shape index (κ1) is 20.7. The zero-order valence-corrected chi connectivity index (χ0v) is 16.4. The van der Waals surface area contributed by atoms with Gasteiger partial charge in [0.25, 0.3) is 0 Å². The van der Waals surface area contributed by atoms with E-state index in [2.05, 4.69) is 10.2 Å². The molecule has 0 spiro atoms. The van der Waals surface area contributed by atoms with Gasteiger partial charge < -0.3 is 15.1 Å². The molecule has 1 aliphatic rings. The van der Waals surface area contributed by atoms with Crippen molar-refractivity contribution in [3.63, 3.8) is 0 Å². The van der Waals surface area contributed by atoms with Gasteiger partial charge in [0, 0.05) is 41.8 Å². The predicted molar refractivity (Wildman–Crippen MR) is 107 cm³/mol. The molecule has 150 valence electrons. The van der Waals surface area contributed by atoms with Gasteiger partial charge in [-0.2, -0.15) is 13.2 Å². The number of anilines is 2. The minimum Gasteiger partial charge on any atom is -0.368 e. The van der Waals surface area contributed by atoms with E-state index in [0.717, 1.165) is 5.69 Å². The summed E-state index contributed by atoms with van der Waals surface area (Å²) >= 11 is 6.69. The summed E-state index contributed by atoms with van der Waals surface area (Å²) in [6.07, 6.45) is -4.27. The van der Waals surface area contributed by atoms with Crippen LogP contribution >= 0.6 is 23.4 Å². The maximum absolute atomic E-state index is 12.6. The fraction of sp³-hybridized carbons (Fsp3) is 0.316. The molecule has 0 radical (unpaired) electrons. The highest BCUT2D eigenvalue weighted by atomic mass is 35.5. The van der Waals surface area contributed by atoms with E-state index in [4.69, 9.17) is 11.6 Å². The van der Waals surface area contributed by atoms with Crippen LogP contribution in [-0.4, -0.2) is 49.0 Å². The summed E-state index contributed by atoms with van der Waals surface area (Å²) in [5.74, 6) is -1.00. The van der Waals surface area contributed by atoms with Gasteiger partial charge in [-0.1, -0.05) is 29.8 Å². The first-order valence-electron chi connectivity index (χ1n) is 8.67. The minimum atomic E-state index is -4.27. The van der Waals surface area contributed by atoms with Gasteiger partial charge in [0.2, 0.25) is 0 Å². The number of nitrogens with zero attached hydrogens (tertiary/aromatic N) is 2. The maximum Gasteiger partial charge on any atom is 0.398 e. The highest BCUT2D eigenvalue weighted by Crippen LogP contribution is 2.32. The fourth-order valence-electron chi connectivity index (χ4n) is 2.89. The van der Waals surface area contributed by atoms with Crippen LogP contribution in [0.25, 0.3) is 0 Å². The lowest BCUT2D eigenvalue weighted by molar-refractivity contribution is -0.105. The molecule has 1 saturated heterocycles. The molecule has 0 aliphatic carbocycles. The van der Waals surface area contributed by atoms with Crippen molar-refractivity contribution < 1.29 is 18.0 Å². The molecule has 1 fully saturated rings. The Morgan fingerprint density at radius 3 is 2.46 bits per heavy atom. The molecule has 2 aromatic rings. The quantitative estimate of drug-likeness (QED) is 0.665. The maximum atomic E-state index is 12.6. The fourth-order valence-corrected chi connectivity index (χ4v) is 3.84. The number of para-hydroxylation sites is 1. The van der Waals surface area contributed by atoms with Gasteiger partial charge in [0.15, 0.2) is 0 Å². The normalized spacial score (nSPS) is 14.9. The first-order chi connectivity index (χ1) is 13.3. The van der Waals surface area contributed by atoms with E-state index in [9.17, 15) is 18.0 Å². The number of carbonyl (C=O) groups excluding carboxylic acids is 1. The lowest BCUT2D eigenvalue weighted by Crippen LogP contribution is -2.50. The molecule has 1 N–H and O–H groups in total.